The van der Waals surface area contributed by atoms with Crippen molar-refractivity contribution in [3.63, 3.8) is 0 Å². The van der Waals surface area contributed by atoms with Gasteiger partial charge in [0.25, 0.3) is 5.91 Å². The van der Waals surface area contributed by atoms with Crippen LogP contribution in [0.5, 0.6) is 11.5 Å². The molecule has 5 heterocycles. The van der Waals surface area contributed by atoms with Crippen LogP contribution in [0.2, 0.25) is 0 Å². The lowest BCUT2D eigenvalue weighted by molar-refractivity contribution is -0.145. The Morgan fingerprint density at radius 1 is 1.04 bits per heavy atom. The monoisotopic (exact) mass is 974 g/mol. The van der Waals surface area contributed by atoms with Crippen LogP contribution in [0, 0.1) is 5.92 Å². The zero-order valence-electron chi connectivity index (χ0n) is 39.6. The maximum absolute atomic E-state index is 15.1. The summed E-state index contributed by atoms with van der Waals surface area (Å²) in [5.74, 6) is -3.03. The summed E-state index contributed by atoms with van der Waals surface area (Å²) >= 11 is 0. The second-order valence-electron chi connectivity index (χ2n) is 20.8. The molecule has 4 fully saturated rings. The molecule has 4 aliphatic heterocycles. The van der Waals surface area contributed by atoms with Crippen LogP contribution >= 0.6 is 0 Å². The molecule has 4 amide bonds. The second-order valence-corrected chi connectivity index (χ2v) is 23.0. The summed E-state index contributed by atoms with van der Waals surface area (Å²) in [6.07, 6.45) is 2.18. The van der Waals surface area contributed by atoms with Gasteiger partial charge in [-0.3, -0.25) is 24.0 Å². The summed E-state index contributed by atoms with van der Waals surface area (Å²) in [4.78, 5) is 65.1. The minimum Gasteiger partial charge on any atom is -0.491 e. The Morgan fingerprint density at radius 2 is 1.79 bits per heavy atom. The van der Waals surface area contributed by atoms with E-state index in [0.717, 1.165) is 19.6 Å². The van der Waals surface area contributed by atoms with E-state index in [9.17, 15) is 27.6 Å². The number of hydrogen-bond acceptors (Lipinski definition) is 12. The molecule has 1 aromatic heterocycles. The molecule has 2 saturated heterocycles. The number of morpholine rings is 1. The molecule has 68 heavy (non-hydrogen) atoms. The summed E-state index contributed by atoms with van der Waals surface area (Å²) in [7, 11) is -4.13. The quantitative estimate of drug-likeness (QED) is 0.246. The number of hydrogen-bond donors (Lipinski definition) is 3. The molecule has 8 rings (SSSR count). The van der Waals surface area contributed by atoms with Crippen molar-refractivity contribution >= 4 is 44.7 Å². The number of rotatable bonds is 9. The molecule has 2 saturated carbocycles. The molecule has 0 radical (unpaired) electrons. The van der Waals surface area contributed by atoms with E-state index in [-0.39, 0.29) is 55.8 Å². The predicted octanol–water partition coefficient (Wildman–Crippen LogP) is 6.09. The van der Waals surface area contributed by atoms with Crippen LogP contribution < -0.4 is 24.8 Å². The highest BCUT2D eigenvalue weighted by atomic mass is 32.2. The van der Waals surface area contributed by atoms with E-state index in [1.54, 1.807) is 39.8 Å². The van der Waals surface area contributed by atoms with Crippen LogP contribution in [0.3, 0.4) is 0 Å². The molecule has 6 aliphatic rings. The number of alkyl halides is 3. The van der Waals surface area contributed by atoms with Gasteiger partial charge in [-0.05, 0) is 117 Å². The lowest BCUT2D eigenvalue weighted by Gasteiger charge is -2.48. The second kappa shape index (κ2) is 18.9. The average molecular weight is 975 g/mol. The Labute approximate surface area is 395 Å². The molecule has 0 bridgehead atoms. The number of fused-ring (bicyclic) bond motifs is 5. The number of nitrogens with zero attached hydrogens (tertiary/aromatic N) is 3. The van der Waals surface area contributed by atoms with Crippen molar-refractivity contribution < 1.29 is 59.7 Å². The number of carbonyl (C=O) groups is 4. The Bertz CT molecular complexity index is 2420. The van der Waals surface area contributed by atoms with E-state index in [0.29, 0.717) is 75.7 Å². The van der Waals surface area contributed by atoms with Crippen molar-refractivity contribution in [2.45, 2.75) is 164 Å². The highest BCUT2D eigenvalue weighted by Crippen LogP contribution is 2.50. The van der Waals surface area contributed by atoms with Gasteiger partial charge in [0.15, 0.2) is 11.4 Å². The van der Waals surface area contributed by atoms with Crippen molar-refractivity contribution in [2.75, 3.05) is 39.4 Å². The molecule has 1 spiro atoms. The van der Waals surface area contributed by atoms with Gasteiger partial charge in [0, 0.05) is 42.9 Å². The van der Waals surface area contributed by atoms with E-state index in [1.807, 2.05) is 19.1 Å². The summed E-state index contributed by atoms with van der Waals surface area (Å²) in [5.41, 5.74) is -5.07. The van der Waals surface area contributed by atoms with Crippen molar-refractivity contribution in [3.05, 3.63) is 41.6 Å². The summed E-state index contributed by atoms with van der Waals surface area (Å²) < 4.78 is 97.1. The number of amides is 4. The van der Waals surface area contributed by atoms with Crippen molar-refractivity contribution in [2.24, 2.45) is 5.92 Å². The molecule has 3 N–H and O–H groups in total. The molecule has 374 valence electrons. The van der Waals surface area contributed by atoms with Gasteiger partial charge in [-0.15, -0.1) is 0 Å². The fourth-order valence-electron chi connectivity index (χ4n) is 10.1. The van der Waals surface area contributed by atoms with Crippen molar-refractivity contribution in [1.29, 1.82) is 0 Å². The van der Waals surface area contributed by atoms with Gasteiger partial charge < -0.3 is 34.5 Å². The standard InChI is InChI=1S/C48H65F3N6O10S/c1-30(17-22-56-23-25-64-26-24-56)65-32-13-14-35-34(27-32)33-16-18-46(66-38(33)39(52-35)48(49,50)51)28-37-40(58)54-47(42(60)55-68(62,63)45(5)20-21-45)19-15-31(47)11-9-7-6-8-10-12-36(41(59)57(37)29-46)53-43(61)67-44(2,3)4/h9,11,13-14,27,30-31,36-37H,6-8,10,12,15-26,28-29H2,1-5H3,(H,53,61)(H,54,58)(H,55,60). The molecule has 20 heteroatoms. The number of allylic oxidation sites excluding steroid dienone is 1. The number of carbonyl (C=O) groups excluding carboxylic acids is 4. The van der Waals surface area contributed by atoms with E-state index in [1.165, 1.54) is 11.0 Å². The zero-order chi connectivity index (χ0) is 48.9. The first-order valence-corrected chi connectivity index (χ1v) is 25.5. The number of benzene rings is 1. The highest BCUT2D eigenvalue weighted by molar-refractivity contribution is 7.91. The zero-order valence-corrected chi connectivity index (χ0v) is 40.4. The number of aromatic nitrogens is 1. The number of pyridine rings is 1. The third-order valence-electron chi connectivity index (χ3n) is 14.5. The van der Waals surface area contributed by atoms with Crippen molar-refractivity contribution in [1.82, 2.24) is 30.1 Å². The van der Waals surface area contributed by atoms with Gasteiger partial charge in [0.05, 0.1) is 36.1 Å². The summed E-state index contributed by atoms with van der Waals surface area (Å²) in [6, 6.07) is 2.16. The van der Waals surface area contributed by atoms with Crippen LogP contribution in [-0.2, 0) is 46.5 Å². The van der Waals surface area contributed by atoms with Crippen LogP contribution in [0.15, 0.2) is 30.4 Å². The normalized spacial score (nSPS) is 28.4. The maximum atomic E-state index is 15.1. The molecule has 16 nitrogen and oxygen atoms in total. The van der Waals surface area contributed by atoms with Gasteiger partial charge in [0.1, 0.15) is 34.6 Å². The maximum Gasteiger partial charge on any atom is 0.437 e. The summed E-state index contributed by atoms with van der Waals surface area (Å²) in [6.45, 7) is 11.9. The fraction of sp³-hybridized carbons (Fsp3) is 0.688. The average Bonchev–Trinajstić information content (AvgIpc) is 3.93. The molecule has 6 atom stereocenters. The number of ether oxygens (including phenoxy) is 4. The minimum atomic E-state index is -4.96. The molecule has 2 aromatic rings. The third-order valence-corrected chi connectivity index (χ3v) is 16.7. The van der Waals surface area contributed by atoms with Crippen LogP contribution in [0.1, 0.15) is 123 Å². The topological polar surface area (TPSA) is 195 Å². The molecular formula is C48H65F3N6O10S. The van der Waals surface area contributed by atoms with Crippen molar-refractivity contribution in [3.8, 4) is 11.5 Å². The SMILES string of the molecule is CC(CCN1CCOCC1)Oc1ccc2nc(C(F)(F)F)c3c(c2c1)CCC1(CC2C(=O)NC4(C(=O)NS(=O)(=O)C5(C)CC5)CCC4C=CCCCCCC(NC(=O)OC(C)(C)C)C(=O)N2C1)O3. The first-order chi connectivity index (χ1) is 32.0. The summed E-state index contributed by atoms with van der Waals surface area (Å²) in [5, 5.41) is 5.99. The number of alkyl carbamates (subject to hydrolysis) is 1. The minimum absolute atomic E-state index is 0.0548. The van der Waals surface area contributed by atoms with E-state index in [2.05, 4.69) is 25.2 Å². The van der Waals surface area contributed by atoms with Gasteiger partial charge in [-0.2, -0.15) is 13.2 Å². The van der Waals surface area contributed by atoms with Gasteiger partial charge >= 0.3 is 12.3 Å². The highest BCUT2D eigenvalue weighted by Gasteiger charge is 2.60. The fourth-order valence-corrected chi connectivity index (χ4v) is 11.4. The number of aryl methyl sites for hydroxylation is 1. The van der Waals surface area contributed by atoms with Gasteiger partial charge in [-0.1, -0.05) is 25.0 Å². The van der Waals surface area contributed by atoms with Gasteiger partial charge in [0.2, 0.25) is 21.8 Å². The number of halogens is 3. The first kappa shape index (κ1) is 49.7. The molecule has 1 aromatic carbocycles. The first-order valence-electron chi connectivity index (χ1n) is 24.1. The van der Waals surface area contributed by atoms with Gasteiger partial charge in [-0.25, -0.2) is 18.2 Å². The van der Waals surface area contributed by atoms with Crippen LogP contribution in [0.4, 0.5) is 18.0 Å². The lowest BCUT2D eigenvalue weighted by Crippen LogP contribution is -2.70. The smallest absolute Gasteiger partial charge is 0.437 e. The number of nitrogens with one attached hydrogen (secondary N) is 3. The van der Waals surface area contributed by atoms with E-state index in [4.69, 9.17) is 18.9 Å². The van der Waals surface area contributed by atoms with Crippen LogP contribution in [-0.4, -0.2) is 126 Å². The third kappa shape index (κ3) is 10.6. The van der Waals surface area contributed by atoms with E-state index < -0.39 is 90.9 Å². The number of sulfonamides is 1. The van der Waals surface area contributed by atoms with Crippen LogP contribution in [0.25, 0.3) is 10.9 Å². The van der Waals surface area contributed by atoms with E-state index >= 15 is 13.2 Å². The molecule has 6 unspecified atom stereocenters. The largest absolute Gasteiger partial charge is 0.491 e. The Hall–Kier alpha value is -4.69. The Morgan fingerprint density at radius 3 is 2.47 bits per heavy atom. The lowest BCUT2D eigenvalue weighted by atomic mass is 9.65. The Kier molecular flexibility index (Phi) is 13.8. The Balaban J connectivity index is 1.13. The predicted molar refractivity (Wildman–Crippen MR) is 244 cm³/mol. The molecular weight excluding hydrogens is 910 g/mol. The molecule has 2 aliphatic carbocycles.